The highest BCUT2D eigenvalue weighted by Crippen LogP contribution is 2.27. The summed E-state index contributed by atoms with van der Waals surface area (Å²) < 4.78 is 37.2. The standard InChI is InChI=1S/C10H21F3N2/c1-3-5-6-8(4-2)7-9(15-14)10(11,12)13/h8-9,15H,3-7,14H2,1-2H3. The molecule has 15 heavy (non-hydrogen) atoms. The highest BCUT2D eigenvalue weighted by molar-refractivity contribution is 4.76. The minimum atomic E-state index is -4.24. The van der Waals surface area contributed by atoms with Crippen molar-refractivity contribution in [3.8, 4) is 0 Å². The van der Waals surface area contributed by atoms with Gasteiger partial charge in [0.1, 0.15) is 6.04 Å². The highest BCUT2D eigenvalue weighted by Gasteiger charge is 2.39. The van der Waals surface area contributed by atoms with Crippen molar-refractivity contribution in [2.24, 2.45) is 11.8 Å². The van der Waals surface area contributed by atoms with Gasteiger partial charge in [0.2, 0.25) is 0 Å². The summed E-state index contributed by atoms with van der Waals surface area (Å²) in [5.74, 6) is 5.02. The van der Waals surface area contributed by atoms with E-state index in [9.17, 15) is 13.2 Å². The Hall–Kier alpha value is -0.290. The Kier molecular flexibility index (Phi) is 6.92. The van der Waals surface area contributed by atoms with Crippen LogP contribution in [0.15, 0.2) is 0 Å². The molecule has 0 aromatic carbocycles. The molecule has 0 aliphatic rings. The third-order valence-electron chi connectivity index (χ3n) is 2.71. The summed E-state index contributed by atoms with van der Waals surface area (Å²) in [6.07, 6.45) is -0.544. The molecule has 0 aromatic heterocycles. The van der Waals surface area contributed by atoms with E-state index in [2.05, 4.69) is 0 Å². The molecule has 0 radical (unpaired) electrons. The predicted molar refractivity (Wildman–Crippen MR) is 55.1 cm³/mol. The van der Waals surface area contributed by atoms with E-state index in [-0.39, 0.29) is 12.3 Å². The van der Waals surface area contributed by atoms with Gasteiger partial charge >= 0.3 is 6.18 Å². The van der Waals surface area contributed by atoms with Gasteiger partial charge in [-0.05, 0) is 12.3 Å². The van der Waals surface area contributed by atoms with Crippen LogP contribution in [0, 0.1) is 5.92 Å². The second kappa shape index (κ2) is 7.06. The van der Waals surface area contributed by atoms with Crippen LogP contribution in [0.1, 0.15) is 46.0 Å². The molecule has 2 nitrogen and oxygen atoms in total. The van der Waals surface area contributed by atoms with Gasteiger partial charge in [-0.15, -0.1) is 0 Å². The maximum Gasteiger partial charge on any atom is 0.405 e. The van der Waals surface area contributed by atoms with E-state index >= 15 is 0 Å². The molecule has 0 fully saturated rings. The summed E-state index contributed by atoms with van der Waals surface area (Å²) >= 11 is 0. The van der Waals surface area contributed by atoms with Crippen molar-refractivity contribution < 1.29 is 13.2 Å². The number of halogens is 3. The Balaban J connectivity index is 4.12. The first-order valence-corrected chi connectivity index (χ1v) is 5.48. The summed E-state index contributed by atoms with van der Waals surface area (Å²) in [7, 11) is 0. The van der Waals surface area contributed by atoms with Crippen molar-refractivity contribution >= 4 is 0 Å². The van der Waals surface area contributed by atoms with Gasteiger partial charge in [0.25, 0.3) is 0 Å². The first-order valence-electron chi connectivity index (χ1n) is 5.48. The molecule has 0 bridgehead atoms. The minimum Gasteiger partial charge on any atom is -0.271 e. The number of hydrazine groups is 1. The first-order chi connectivity index (χ1) is 6.95. The van der Waals surface area contributed by atoms with Crippen LogP contribution in [-0.4, -0.2) is 12.2 Å². The second-order valence-corrected chi connectivity index (χ2v) is 3.91. The van der Waals surface area contributed by atoms with Gasteiger partial charge in [-0.25, -0.2) is 5.43 Å². The molecule has 0 spiro atoms. The van der Waals surface area contributed by atoms with E-state index in [1.165, 1.54) is 0 Å². The topological polar surface area (TPSA) is 38.0 Å². The molecule has 0 saturated heterocycles. The third kappa shape index (κ3) is 5.99. The monoisotopic (exact) mass is 226 g/mol. The number of rotatable bonds is 7. The lowest BCUT2D eigenvalue weighted by Gasteiger charge is -2.24. The molecule has 0 aliphatic carbocycles. The molecule has 92 valence electrons. The molecular weight excluding hydrogens is 205 g/mol. The number of nitrogens with two attached hydrogens (primary N) is 1. The fraction of sp³-hybridized carbons (Fsp3) is 1.00. The summed E-state index contributed by atoms with van der Waals surface area (Å²) in [6, 6.07) is -1.57. The van der Waals surface area contributed by atoms with Crippen molar-refractivity contribution in [2.75, 3.05) is 0 Å². The molecule has 2 unspecified atom stereocenters. The Morgan fingerprint density at radius 1 is 1.27 bits per heavy atom. The van der Waals surface area contributed by atoms with Crippen LogP contribution < -0.4 is 11.3 Å². The van der Waals surface area contributed by atoms with Crippen molar-refractivity contribution in [1.82, 2.24) is 5.43 Å². The van der Waals surface area contributed by atoms with Gasteiger partial charge in [-0.1, -0.05) is 39.5 Å². The van der Waals surface area contributed by atoms with Gasteiger partial charge in [0.15, 0.2) is 0 Å². The Morgan fingerprint density at radius 3 is 2.20 bits per heavy atom. The van der Waals surface area contributed by atoms with Crippen molar-refractivity contribution in [2.45, 2.75) is 58.2 Å². The Morgan fingerprint density at radius 2 is 1.87 bits per heavy atom. The van der Waals surface area contributed by atoms with Gasteiger partial charge < -0.3 is 0 Å². The van der Waals surface area contributed by atoms with Crippen molar-refractivity contribution in [1.29, 1.82) is 0 Å². The van der Waals surface area contributed by atoms with Crippen LogP contribution >= 0.6 is 0 Å². The highest BCUT2D eigenvalue weighted by atomic mass is 19.4. The van der Waals surface area contributed by atoms with Crippen LogP contribution in [0.2, 0.25) is 0 Å². The lowest BCUT2D eigenvalue weighted by atomic mass is 9.92. The quantitative estimate of drug-likeness (QED) is 0.517. The molecule has 5 heteroatoms. The number of unbranched alkanes of at least 4 members (excludes halogenated alkanes) is 1. The number of hydrogen-bond acceptors (Lipinski definition) is 2. The average Bonchev–Trinajstić information content (AvgIpc) is 2.16. The first kappa shape index (κ1) is 14.7. The summed E-state index contributed by atoms with van der Waals surface area (Å²) in [6.45, 7) is 3.96. The zero-order valence-corrected chi connectivity index (χ0v) is 9.40. The van der Waals surface area contributed by atoms with Crippen LogP contribution in [0.3, 0.4) is 0 Å². The third-order valence-corrected chi connectivity index (χ3v) is 2.71. The van der Waals surface area contributed by atoms with E-state index in [1.807, 2.05) is 19.3 Å². The molecule has 0 saturated carbocycles. The Labute approximate surface area is 89.4 Å². The summed E-state index contributed by atoms with van der Waals surface area (Å²) in [5, 5.41) is 0. The summed E-state index contributed by atoms with van der Waals surface area (Å²) in [5.41, 5.74) is 1.86. The smallest absolute Gasteiger partial charge is 0.271 e. The molecular formula is C10H21F3N2. The number of nitrogens with one attached hydrogen (secondary N) is 1. The van der Waals surface area contributed by atoms with Crippen molar-refractivity contribution in [3.63, 3.8) is 0 Å². The Bertz CT molecular complexity index is 159. The van der Waals surface area contributed by atoms with Crippen LogP contribution in [0.25, 0.3) is 0 Å². The zero-order valence-electron chi connectivity index (χ0n) is 9.40. The van der Waals surface area contributed by atoms with Gasteiger partial charge in [0, 0.05) is 0 Å². The van der Waals surface area contributed by atoms with Crippen LogP contribution in [-0.2, 0) is 0 Å². The predicted octanol–water partition coefficient (Wildman–Crippen LogP) is 2.99. The molecule has 3 N–H and O–H groups in total. The molecule has 0 amide bonds. The summed E-state index contributed by atoms with van der Waals surface area (Å²) in [4.78, 5) is 0. The van der Waals surface area contributed by atoms with E-state index in [1.54, 1.807) is 0 Å². The normalized spacial score (nSPS) is 16.4. The van der Waals surface area contributed by atoms with E-state index < -0.39 is 12.2 Å². The second-order valence-electron chi connectivity index (χ2n) is 3.91. The fourth-order valence-electron chi connectivity index (χ4n) is 1.61. The molecule has 0 rings (SSSR count). The van der Waals surface area contributed by atoms with E-state index in [4.69, 9.17) is 5.84 Å². The largest absolute Gasteiger partial charge is 0.405 e. The number of hydrogen-bond donors (Lipinski definition) is 2. The van der Waals surface area contributed by atoms with Crippen LogP contribution in [0.5, 0.6) is 0 Å². The molecule has 0 heterocycles. The maximum atomic E-state index is 12.4. The SMILES string of the molecule is CCCCC(CC)CC(NN)C(F)(F)F. The zero-order chi connectivity index (χ0) is 11.9. The van der Waals surface area contributed by atoms with E-state index in [0.717, 1.165) is 25.7 Å². The lowest BCUT2D eigenvalue weighted by Crippen LogP contribution is -2.47. The molecule has 0 aliphatic heterocycles. The maximum absolute atomic E-state index is 12.4. The average molecular weight is 226 g/mol. The van der Waals surface area contributed by atoms with Crippen molar-refractivity contribution in [3.05, 3.63) is 0 Å². The lowest BCUT2D eigenvalue weighted by molar-refractivity contribution is -0.160. The van der Waals surface area contributed by atoms with Gasteiger partial charge in [0.05, 0.1) is 0 Å². The van der Waals surface area contributed by atoms with Gasteiger partial charge in [-0.3, -0.25) is 5.84 Å². The van der Waals surface area contributed by atoms with Gasteiger partial charge in [-0.2, -0.15) is 13.2 Å². The van der Waals surface area contributed by atoms with E-state index in [0.29, 0.717) is 0 Å². The number of alkyl halides is 3. The van der Waals surface area contributed by atoms with Crippen LogP contribution in [0.4, 0.5) is 13.2 Å². The molecule has 2 atom stereocenters. The fourth-order valence-corrected chi connectivity index (χ4v) is 1.61. The molecule has 0 aromatic rings. The minimum absolute atomic E-state index is 0.0799.